The summed E-state index contributed by atoms with van der Waals surface area (Å²) in [7, 11) is 0. The van der Waals surface area contributed by atoms with E-state index in [0.29, 0.717) is 23.4 Å². The molecule has 4 aliphatic rings. The number of ether oxygens (including phenoxy) is 1. The Bertz CT molecular complexity index is 680. The lowest BCUT2D eigenvalue weighted by Crippen LogP contribution is -2.50. The number of benzene rings is 1. The van der Waals surface area contributed by atoms with Crippen LogP contribution in [0.3, 0.4) is 0 Å². The van der Waals surface area contributed by atoms with Crippen molar-refractivity contribution in [3.05, 3.63) is 28.2 Å². The third-order valence-corrected chi connectivity index (χ3v) is 6.86. The van der Waals surface area contributed by atoms with Gasteiger partial charge in [-0.2, -0.15) is 0 Å². The number of aryl methyl sites for hydroxylation is 1. The summed E-state index contributed by atoms with van der Waals surface area (Å²) in [6.07, 6.45) is 6.74. The van der Waals surface area contributed by atoms with Crippen LogP contribution >= 0.6 is 15.9 Å². The van der Waals surface area contributed by atoms with Gasteiger partial charge in [-0.15, -0.1) is 0 Å². The van der Waals surface area contributed by atoms with Crippen LogP contribution in [0, 0.1) is 30.1 Å². The molecule has 0 unspecified atom stereocenters. The molecule has 5 rings (SSSR count). The number of halogens is 1. The van der Waals surface area contributed by atoms with Crippen LogP contribution in [0.5, 0.6) is 0 Å². The molecule has 5 heteroatoms. The number of rotatable bonds is 4. The van der Waals surface area contributed by atoms with E-state index in [1.807, 2.05) is 25.1 Å². The fourth-order valence-corrected chi connectivity index (χ4v) is 6.15. The summed E-state index contributed by atoms with van der Waals surface area (Å²) in [6.45, 7) is 1.78. The number of hydrogen-bond donors (Lipinski definition) is 1. The molecule has 0 aliphatic heterocycles. The third kappa shape index (κ3) is 3.35. The SMILES string of the molecule is Cc1ccc(NC(=O)COC(=O)C23CC4CC(CC(C4)C2)C3)c(Br)c1. The van der Waals surface area contributed by atoms with Gasteiger partial charge in [-0.1, -0.05) is 6.07 Å². The van der Waals surface area contributed by atoms with E-state index in [-0.39, 0.29) is 23.9 Å². The first kappa shape index (κ1) is 17.1. The van der Waals surface area contributed by atoms with Crippen LogP contribution in [0.2, 0.25) is 0 Å². The molecule has 0 aromatic heterocycles. The Morgan fingerprint density at radius 1 is 1.16 bits per heavy atom. The van der Waals surface area contributed by atoms with Crippen LogP contribution in [0.15, 0.2) is 22.7 Å². The van der Waals surface area contributed by atoms with Crippen molar-refractivity contribution in [3.8, 4) is 0 Å². The highest BCUT2D eigenvalue weighted by atomic mass is 79.9. The predicted molar refractivity (Wildman–Crippen MR) is 99.1 cm³/mol. The van der Waals surface area contributed by atoms with E-state index in [4.69, 9.17) is 4.74 Å². The van der Waals surface area contributed by atoms with Crippen molar-refractivity contribution in [2.75, 3.05) is 11.9 Å². The second-order valence-corrected chi connectivity index (χ2v) is 9.16. The van der Waals surface area contributed by atoms with Crippen LogP contribution in [-0.4, -0.2) is 18.5 Å². The van der Waals surface area contributed by atoms with Crippen molar-refractivity contribution in [3.63, 3.8) is 0 Å². The van der Waals surface area contributed by atoms with Gasteiger partial charge in [0.2, 0.25) is 0 Å². The second kappa shape index (κ2) is 6.42. The Hall–Kier alpha value is -1.36. The first-order valence-corrected chi connectivity index (χ1v) is 9.96. The molecule has 1 aromatic rings. The van der Waals surface area contributed by atoms with Gasteiger partial charge >= 0.3 is 5.97 Å². The minimum atomic E-state index is -0.306. The van der Waals surface area contributed by atoms with E-state index in [2.05, 4.69) is 21.2 Å². The molecule has 0 saturated heterocycles. The monoisotopic (exact) mass is 405 g/mol. The Morgan fingerprint density at radius 2 is 1.76 bits per heavy atom. The number of carbonyl (C=O) groups is 2. The molecule has 4 bridgehead atoms. The maximum absolute atomic E-state index is 12.8. The summed E-state index contributed by atoms with van der Waals surface area (Å²) in [5, 5.41) is 2.80. The second-order valence-electron chi connectivity index (χ2n) is 8.31. The Balaban J connectivity index is 1.35. The van der Waals surface area contributed by atoms with Gasteiger partial charge in [-0.3, -0.25) is 9.59 Å². The molecular weight excluding hydrogens is 382 g/mol. The molecule has 4 aliphatic carbocycles. The third-order valence-electron chi connectivity index (χ3n) is 6.20. The highest BCUT2D eigenvalue weighted by molar-refractivity contribution is 9.10. The summed E-state index contributed by atoms with van der Waals surface area (Å²) < 4.78 is 6.29. The molecule has 4 saturated carbocycles. The number of esters is 1. The summed E-state index contributed by atoms with van der Waals surface area (Å²) in [4.78, 5) is 24.9. The molecule has 0 radical (unpaired) electrons. The van der Waals surface area contributed by atoms with E-state index in [9.17, 15) is 9.59 Å². The largest absolute Gasteiger partial charge is 0.455 e. The normalized spacial score (nSPS) is 32.5. The molecule has 4 nitrogen and oxygen atoms in total. The molecule has 0 atom stereocenters. The molecule has 25 heavy (non-hydrogen) atoms. The lowest BCUT2D eigenvalue weighted by atomic mass is 9.49. The molecule has 1 aromatic carbocycles. The summed E-state index contributed by atoms with van der Waals surface area (Å²) in [6, 6.07) is 5.72. The molecule has 1 N–H and O–H groups in total. The Kier molecular flexibility index (Phi) is 4.38. The summed E-state index contributed by atoms with van der Waals surface area (Å²) in [5.41, 5.74) is 1.50. The first-order chi connectivity index (χ1) is 11.9. The number of hydrogen-bond acceptors (Lipinski definition) is 3. The van der Waals surface area contributed by atoms with Gasteiger partial charge in [0, 0.05) is 4.47 Å². The zero-order valence-corrected chi connectivity index (χ0v) is 16.1. The van der Waals surface area contributed by atoms with Gasteiger partial charge in [0.25, 0.3) is 5.91 Å². The topological polar surface area (TPSA) is 55.4 Å². The van der Waals surface area contributed by atoms with Gasteiger partial charge < -0.3 is 10.1 Å². The van der Waals surface area contributed by atoms with Crippen LogP contribution in [-0.2, 0) is 14.3 Å². The average molecular weight is 406 g/mol. The highest BCUT2D eigenvalue weighted by Crippen LogP contribution is 2.60. The number of anilines is 1. The van der Waals surface area contributed by atoms with E-state index in [1.165, 1.54) is 19.3 Å². The van der Waals surface area contributed by atoms with Gasteiger partial charge in [0.05, 0.1) is 11.1 Å². The highest BCUT2D eigenvalue weighted by Gasteiger charge is 2.55. The van der Waals surface area contributed by atoms with E-state index in [1.54, 1.807) is 0 Å². The smallest absolute Gasteiger partial charge is 0.312 e. The van der Waals surface area contributed by atoms with Gasteiger partial charge in [-0.25, -0.2) is 0 Å². The van der Waals surface area contributed by atoms with Gasteiger partial charge in [0.1, 0.15) is 0 Å². The fourth-order valence-electron chi connectivity index (χ4n) is 5.55. The molecular formula is C20H24BrNO3. The van der Waals surface area contributed by atoms with Crippen molar-refractivity contribution in [1.29, 1.82) is 0 Å². The maximum atomic E-state index is 12.8. The van der Waals surface area contributed by atoms with Crippen LogP contribution < -0.4 is 5.32 Å². The molecule has 1 amide bonds. The fraction of sp³-hybridized carbons (Fsp3) is 0.600. The maximum Gasteiger partial charge on any atom is 0.312 e. The standard InChI is InChI=1S/C20H24BrNO3/c1-12-2-3-17(16(21)4-12)22-18(23)11-25-19(24)20-8-13-5-14(9-20)7-15(6-13)10-20/h2-4,13-15H,5-11H2,1H3,(H,22,23). The quantitative estimate of drug-likeness (QED) is 0.752. The zero-order valence-electron chi connectivity index (χ0n) is 14.5. The van der Waals surface area contributed by atoms with E-state index in [0.717, 1.165) is 29.3 Å². The number of carbonyl (C=O) groups excluding carboxylic acids is 2. The Labute approximate surface area is 156 Å². The minimum absolute atomic E-state index is 0.148. The summed E-state index contributed by atoms with van der Waals surface area (Å²) >= 11 is 3.44. The molecule has 0 spiro atoms. The van der Waals surface area contributed by atoms with E-state index < -0.39 is 0 Å². The van der Waals surface area contributed by atoms with Gasteiger partial charge in [-0.05, 0) is 96.8 Å². The lowest BCUT2D eigenvalue weighted by Gasteiger charge is -2.55. The number of nitrogens with one attached hydrogen (secondary N) is 1. The van der Waals surface area contributed by atoms with Crippen molar-refractivity contribution in [1.82, 2.24) is 0 Å². The number of amides is 1. The molecule has 134 valence electrons. The molecule has 0 heterocycles. The van der Waals surface area contributed by atoms with Crippen molar-refractivity contribution in [2.45, 2.75) is 45.4 Å². The van der Waals surface area contributed by atoms with E-state index >= 15 is 0 Å². The van der Waals surface area contributed by atoms with Crippen LogP contribution in [0.25, 0.3) is 0 Å². The first-order valence-electron chi connectivity index (χ1n) is 9.17. The Morgan fingerprint density at radius 3 is 2.32 bits per heavy atom. The lowest BCUT2D eigenvalue weighted by molar-refractivity contribution is -0.172. The van der Waals surface area contributed by atoms with Crippen LogP contribution in [0.1, 0.15) is 44.1 Å². The minimum Gasteiger partial charge on any atom is -0.455 e. The predicted octanol–water partition coefficient (Wildman–Crippen LogP) is 4.46. The van der Waals surface area contributed by atoms with Crippen molar-refractivity contribution in [2.24, 2.45) is 23.2 Å². The van der Waals surface area contributed by atoms with Crippen molar-refractivity contribution >= 4 is 33.5 Å². The summed E-state index contributed by atoms with van der Waals surface area (Å²) in [5.74, 6) is 1.63. The van der Waals surface area contributed by atoms with Crippen LogP contribution in [0.4, 0.5) is 5.69 Å². The molecule has 4 fully saturated rings. The average Bonchev–Trinajstić information content (AvgIpc) is 2.54. The van der Waals surface area contributed by atoms with Crippen molar-refractivity contribution < 1.29 is 14.3 Å². The van der Waals surface area contributed by atoms with Gasteiger partial charge in [0.15, 0.2) is 6.61 Å². The zero-order chi connectivity index (χ0) is 17.6.